The van der Waals surface area contributed by atoms with Gasteiger partial charge in [-0.05, 0) is 40.5 Å². The van der Waals surface area contributed by atoms with Gasteiger partial charge in [-0.15, -0.1) is 0 Å². The molecule has 13 heavy (non-hydrogen) atoms. The second-order valence-electron chi connectivity index (χ2n) is 5.22. The highest BCUT2D eigenvalue weighted by molar-refractivity contribution is 7.21. The van der Waals surface area contributed by atoms with Crippen molar-refractivity contribution in [3.63, 3.8) is 0 Å². The molecular formula is C9H19N2OP. The molecule has 0 saturated carbocycles. The molecule has 0 aliphatic carbocycles. The first-order chi connectivity index (χ1) is 5.85. The molecule has 3 nitrogen and oxygen atoms in total. The fourth-order valence-corrected chi connectivity index (χ4v) is 2.82. The third-order valence-electron chi connectivity index (χ3n) is 2.43. The minimum absolute atomic E-state index is 0.0474. The van der Waals surface area contributed by atoms with E-state index in [1.54, 1.807) is 0 Å². The Bertz CT molecular complexity index is 188. The molecule has 0 aromatic carbocycles. The van der Waals surface area contributed by atoms with Crippen LogP contribution in [0.15, 0.2) is 0 Å². The molecule has 0 unspecified atom stereocenters. The van der Waals surface area contributed by atoms with E-state index in [-0.39, 0.29) is 19.7 Å². The van der Waals surface area contributed by atoms with E-state index >= 15 is 0 Å². The lowest BCUT2D eigenvalue weighted by Gasteiger charge is -2.46. The summed E-state index contributed by atoms with van der Waals surface area (Å²) in [5.74, 6) is 0. The van der Waals surface area contributed by atoms with Crippen molar-refractivity contribution < 1.29 is 4.57 Å². The van der Waals surface area contributed by atoms with Gasteiger partial charge in [0.25, 0.3) is 0 Å². The average Bonchev–Trinajstić information content (AvgIpc) is 1.78. The normalized spacial score (nSPS) is 27.7. The molecule has 0 aromatic rings. The zero-order valence-electron chi connectivity index (χ0n) is 8.85. The molecule has 0 amide bonds. The Morgan fingerprint density at radius 1 is 1.23 bits per heavy atom. The maximum atomic E-state index is 10.5. The number of rotatable bonds is 2. The van der Waals surface area contributed by atoms with E-state index in [1.807, 2.05) is 0 Å². The maximum absolute atomic E-state index is 10.5. The minimum Gasteiger partial charge on any atom is -0.307 e. The Morgan fingerprint density at radius 2 is 1.69 bits per heavy atom. The summed E-state index contributed by atoms with van der Waals surface area (Å²) < 4.78 is 10.5. The lowest BCUT2D eigenvalue weighted by Crippen LogP contribution is -2.60. The van der Waals surface area contributed by atoms with Crippen molar-refractivity contribution in [1.82, 2.24) is 10.4 Å². The van der Waals surface area contributed by atoms with Gasteiger partial charge in [-0.2, -0.15) is 0 Å². The molecule has 0 aromatic heterocycles. The van der Waals surface area contributed by atoms with E-state index in [0.717, 1.165) is 12.8 Å². The molecule has 0 radical (unpaired) electrons. The van der Waals surface area contributed by atoms with Gasteiger partial charge in [-0.3, -0.25) is 4.57 Å². The number of piperidine rings is 1. The highest BCUT2D eigenvalue weighted by Crippen LogP contribution is 2.28. The monoisotopic (exact) mass is 202 g/mol. The smallest absolute Gasteiger partial charge is 0.246 e. The molecule has 1 rings (SSSR count). The predicted octanol–water partition coefficient (Wildman–Crippen LogP) is 2.09. The third-order valence-corrected chi connectivity index (χ3v) is 2.90. The van der Waals surface area contributed by atoms with Gasteiger partial charge in [0, 0.05) is 17.1 Å². The molecule has 4 heteroatoms. The Kier molecular flexibility index (Phi) is 3.11. The van der Waals surface area contributed by atoms with Crippen molar-refractivity contribution in [1.29, 1.82) is 0 Å². The average molecular weight is 202 g/mol. The SMILES string of the molecule is CC1(C)CC(NP=O)CC(C)(C)N1. The molecule has 76 valence electrons. The third kappa shape index (κ3) is 3.34. The predicted molar refractivity (Wildman–Crippen MR) is 55.1 cm³/mol. The second-order valence-corrected chi connectivity index (χ2v) is 5.66. The van der Waals surface area contributed by atoms with Crippen molar-refractivity contribution in [2.24, 2.45) is 0 Å². The molecule has 1 aliphatic heterocycles. The van der Waals surface area contributed by atoms with Gasteiger partial charge >= 0.3 is 0 Å². The number of hydrogen-bond donors (Lipinski definition) is 2. The van der Waals surface area contributed by atoms with Gasteiger partial charge in [0.2, 0.25) is 8.61 Å². The summed E-state index contributed by atoms with van der Waals surface area (Å²) in [7, 11) is 0.0474. The first kappa shape index (κ1) is 11.1. The van der Waals surface area contributed by atoms with Crippen LogP contribution in [-0.2, 0) is 4.57 Å². The summed E-state index contributed by atoms with van der Waals surface area (Å²) in [6.45, 7) is 8.74. The zero-order valence-corrected chi connectivity index (χ0v) is 9.74. The summed E-state index contributed by atoms with van der Waals surface area (Å²) in [4.78, 5) is 0. The molecular weight excluding hydrogens is 183 g/mol. The van der Waals surface area contributed by atoms with Gasteiger partial charge in [0.1, 0.15) is 0 Å². The molecule has 2 N–H and O–H groups in total. The Hall–Kier alpha value is 0.0200. The lowest BCUT2D eigenvalue weighted by atomic mass is 9.80. The van der Waals surface area contributed by atoms with Gasteiger partial charge < -0.3 is 5.32 Å². The van der Waals surface area contributed by atoms with Crippen LogP contribution in [0.5, 0.6) is 0 Å². The highest BCUT2D eigenvalue weighted by Gasteiger charge is 2.37. The van der Waals surface area contributed by atoms with Gasteiger partial charge in [-0.25, -0.2) is 5.09 Å². The zero-order chi connectivity index (χ0) is 10.1. The Labute approximate surface area is 81.9 Å². The summed E-state index contributed by atoms with van der Waals surface area (Å²) in [5, 5.41) is 6.55. The summed E-state index contributed by atoms with van der Waals surface area (Å²) >= 11 is 0. The topological polar surface area (TPSA) is 41.1 Å². The Balaban J connectivity index is 2.66. The first-order valence-corrected chi connectivity index (χ1v) is 5.53. The fourth-order valence-electron chi connectivity index (χ4n) is 2.49. The van der Waals surface area contributed by atoms with Crippen LogP contribution >= 0.6 is 8.61 Å². The number of hydrogen-bond acceptors (Lipinski definition) is 2. The van der Waals surface area contributed by atoms with Crippen LogP contribution in [-0.4, -0.2) is 17.1 Å². The largest absolute Gasteiger partial charge is 0.307 e. The van der Waals surface area contributed by atoms with Crippen LogP contribution in [0.4, 0.5) is 0 Å². The van der Waals surface area contributed by atoms with E-state index in [2.05, 4.69) is 38.1 Å². The molecule has 1 fully saturated rings. The van der Waals surface area contributed by atoms with E-state index in [4.69, 9.17) is 0 Å². The van der Waals surface area contributed by atoms with Crippen molar-refractivity contribution in [2.75, 3.05) is 0 Å². The standard InChI is InChI=1S/C9H19N2OP/c1-8(2)5-7(10-13-12)6-9(3,4)11-8/h7,11H,5-6H2,1-4H3,(H,10,12). The summed E-state index contributed by atoms with van der Waals surface area (Å²) in [6, 6.07) is 0.352. The summed E-state index contributed by atoms with van der Waals surface area (Å²) in [6.07, 6.45) is 2.04. The quantitative estimate of drug-likeness (QED) is 0.674. The van der Waals surface area contributed by atoms with Gasteiger partial charge in [-0.1, -0.05) is 0 Å². The van der Waals surface area contributed by atoms with Crippen LogP contribution in [0.3, 0.4) is 0 Å². The van der Waals surface area contributed by atoms with Crippen LogP contribution < -0.4 is 10.4 Å². The van der Waals surface area contributed by atoms with Gasteiger partial charge in [0.15, 0.2) is 0 Å². The Morgan fingerprint density at radius 3 is 2.08 bits per heavy atom. The van der Waals surface area contributed by atoms with Gasteiger partial charge in [0.05, 0.1) is 0 Å². The number of nitrogens with one attached hydrogen (secondary N) is 2. The van der Waals surface area contributed by atoms with E-state index in [9.17, 15) is 4.57 Å². The van der Waals surface area contributed by atoms with Crippen molar-refractivity contribution in [2.45, 2.75) is 57.7 Å². The van der Waals surface area contributed by atoms with Crippen LogP contribution in [0, 0.1) is 0 Å². The molecule has 0 spiro atoms. The van der Waals surface area contributed by atoms with Crippen LogP contribution in [0.1, 0.15) is 40.5 Å². The van der Waals surface area contributed by atoms with E-state index < -0.39 is 0 Å². The highest BCUT2D eigenvalue weighted by atomic mass is 31.1. The van der Waals surface area contributed by atoms with Crippen molar-refractivity contribution in [3.05, 3.63) is 0 Å². The van der Waals surface area contributed by atoms with Crippen LogP contribution in [0.2, 0.25) is 0 Å². The fraction of sp³-hybridized carbons (Fsp3) is 1.00. The molecule has 0 bridgehead atoms. The van der Waals surface area contributed by atoms with Crippen LogP contribution in [0.25, 0.3) is 0 Å². The van der Waals surface area contributed by atoms with E-state index in [0.29, 0.717) is 6.04 Å². The molecule has 1 aliphatic rings. The molecule has 1 saturated heterocycles. The summed E-state index contributed by atoms with van der Waals surface area (Å²) in [5.41, 5.74) is 0.258. The molecule has 0 atom stereocenters. The molecule has 1 heterocycles. The second kappa shape index (κ2) is 3.64. The minimum atomic E-state index is 0.0474. The lowest BCUT2D eigenvalue weighted by molar-refractivity contribution is 0.157. The maximum Gasteiger partial charge on any atom is 0.246 e. The van der Waals surface area contributed by atoms with Crippen molar-refractivity contribution >= 4 is 8.61 Å². The first-order valence-electron chi connectivity index (χ1n) is 4.72. The van der Waals surface area contributed by atoms with Crippen molar-refractivity contribution in [3.8, 4) is 0 Å². The van der Waals surface area contributed by atoms with E-state index in [1.165, 1.54) is 0 Å².